The third kappa shape index (κ3) is 4.07. The minimum absolute atomic E-state index is 0.277. The van der Waals surface area contributed by atoms with E-state index in [9.17, 15) is 4.79 Å². The van der Waals surface area contributed by atoms with Crippen molar-refractivity contribution in [3.63, 3.8) is 0 Å². The maximum Gasteiger partial charge on any atom is 0.344 e. The van der Waals surface area contributed by atoms with Gasteiger partial charge in [-0.15, -0.1) is 0 Å². The zero-order valence-electron chi connectivity index (χ0n) is 18.8. The summed E-state index contributed by atoms with van der Waals surface area (Å²) in [6.07, 6.45) is 5.11. The SMILES string of the molecule is CCOC(=O)c1c(-n2ccnc2)nc2ccc(Br)cc2c1N1CCN(c2ccccc2N)CC1. The van der Waals surface area contributed by atoms with E-state index in [0.717, 1.165) is 58.6 Å². The topological polar surface area (TPSA) is 89.5 Å². The van der Waals surface area contributed by atoms with E-state index in [1.165, 1.54) is 0 Å². The van der Waals surface area contributed by atoms with Gasteiger partial charge in [0.25, 0.3) is 0 Å². The third-order valence-electron chi connectivity index (χ3n) is 6.00. The van der Waals surface area contributed by atoms with Crippen LogP contribution in [-0.2, 0) is 4.74 Å². The van der Waals surface area contributed by atoms with Crippen molar-refractivity contribution < 1.29 is 9.53 Å². The highest BCUT2D eigenvalue weighted by molar-refractivity contribution is 9.10. The Labute approximate surface area is 206 Å². The Morgan fingerprint density at radius 2 is 1.88 bits per heavy atom. The molecule has 1 saturated heterocycles. The number of nitrogen functional groups attached to an aromatic ring is 1. The lowest BCUT2D eigenvalue weighted by atomic mass is 10.1. The molecule has 1 aliphatic heterocycles. The zero-order valence-corrected chi connectivity index (χ0v) is 20.4. The van der Waals surface area contributed by atoms with Gasteiger partial charge < -0.3 is 20.3 Å². The third-order valence-corrected chi connectivity index (χ3v) is 6.50. The number of carbonyl (C=O) groups excluding carboxylic acids is 1. The molecule has 34 heavy (non-hydrogen) atoms. The molecule has 5 rings (SSSR count). The van der Waals surface area contributed by atoms with Gasteiger partial charge in [0.2, 0.25) is 0 Å². The van der Waals surface area contributed by atoms with E-state index in [0.29, 0.717) is 11.4 Å². The van der Waals surface area contributed by atoms with Gasteiger partial charge in [-0.05, 0) is 37.3 Å². The number of aromatic nitrogens is 3. The number of hydrogen-bond donors (Lipinski definition) is 1. The Balaban J connectivity index is 1.63. The molecular weight excluding hydrogens is 496 g/mol. The number of esters is 1. The molecular formula is C25H25BrN6O2. The number of anilines is 3. The van der Waals surface area contributed by atoms with Crippen molar-refractivity contribution in [2.75, 3.05) is 48.3 Å². The second kappa shape index (κ2) is 9.34. The number of rotatable bonds is 5. The van der Waals surface area contributed by atoms with Crippen LogP contribution in [0.4, 0.5) is 17.1 Å². The van der Waals surface area contributed by atoms with Gasteiger partial charge >= 0.3 is 5.97 Å². The van der Waals surface area contributed by atoms with Crippen LogP contribution in [0.25, 0.3) is 16.7 Å². The second-order valence-electron chi connectivity index (χ2n) is 8.04. The first-order valence-electron chi connectivity index (χ1n) is 11.2. The number of hydrogen-bond acceptors (Lipinski definition) is 7. The summed E-state index contributed by atoms with van der Waals surface area (Å²) in [5.41, 5.74) is 10.1. The van der Waals surface area contributed by atoms with Crippen LogP contribution in [0.15, 0.2) is 65.7 Å². The van der Waals surface area contributed by atoms with Crippen LogP contribution in [0.1, 0.15) is 17.3 Å². The molecule has 0 saturated carbocycles. The Bertz CT molecular complexity index is 1330. The van der Waals surface area contributed by atoms with Crippen molar-refractivity contribution in [2.24, 2.45) is 0 Å². The van der Waals surface area contributed by atoms with Gasteiger partial charge in [-0.2, -0.15) is 0 Å². The molecule has 0 atom stereocenters. The smallest absolute Gasteiger partial charge is 0.344 e. The molecule has 2 N–H and O–H groups in total. The standard InChI is InChI=1S/C25H25BrN6O2/c1-2-34-25(33)22-23(31-13-11-30(12-14-31)21-6-4-3-5-19(21)27)18-15-17(26)7-8-20(18)29-24(22)32-10-9-28-16-32/h3-10,15-16H,2,11-14,27H2,1H3. The number of halogens is 1. The average Bonchev–Trinajstić information content (AvgIpc) is 3.38. The minimum atomic E-state index is -0.398. The van der Waals surface area contributed by atoms with Gasteiger partial charge in [0.1, 0.15) is 11.9 Å². The minimum Gasteiger partial charge on any atom is -0.462 e. The normalized spacial score (nSPS) is 13.9. The molecule has 0 aliphatic carbocycles. The van der Waals surface area contributed by atoms with Gasteiger partial charge in [0, 0.05) is 48.4 Å². The first kappa shape index (κ1) is 22.2. The molecule has 0 radical (unpaired) electrons. The first-order valence-corrected chi connectivity index (χ1v) is 12.0. The Morgan fingerprint density at radius 1 is 1.12 bits per heavy atom. The van der Waals surface area contributed by atoms with Gasteiger partial charge in [-0.25, -0.2) is 14.8 Å². The summed E-state index contributed by atoms with van der Waals surface area (Å²) >= 11 is 3.59. The van der Waals surface area contributed by atoms with E-state index in [2.05, 4.69) is 30.7 Å². The predicted molar refractivity (Wildman–Crippen MR) is 138 cm³/mol. The summed E-state index contributed by atoms with van der Waals surface area (Å²) in [4.78, 5) is 26.9. The number of benzene rings is 2. The van der Waals surface area contributed by atoms with Crippen molar-refractivity contribution in [3.8, 4) is 5.82 Å². The molecule has 0 amide bonds. The number of nitrogens with zero attached hydrogens (tertiary/aromatic N) is 5. The highest BCUT2D eigenvalue weighted by atomic mass is 79.9. The number of carbonyl (C=O) groups is 1. The molecule has 174 valence electrons. The number of nitrogens with two attached hydrogens (primary N) is 1. The van der Waals surface area contributed by atoms with Crippen LogP contribution in [0, 0.1) is 0 Å². The fourth-order valence-corrected chi connectivity index (χ4v) is 4.80. The Morgan fingerprint density at radius 3 is 2.59 bits per heavy atom. The summed E-state index contributed by atoms with van der Waals surface area (Å²) in [5, 5.41) is 0.897. The number of pyridine rings is 1. The predicted octanol–water partition coefficient (Wildman–Crippen LogP) is 4.27. The molecule has 1 fully saturated rings. The number of piperazine rings is 1. The van der Waals surface area contributed by atoms with Crippen molar-refractivity contribution in [1.29, 1.82) is 0 Å². The second-order valence-corrected chi connectivity index (χ2v) is 8.96. The van der Waals surface area contributed by atoms with E-state index in [-0.39, 0.29) is 6.61 Å². The van der Waals surface area contributed by atoms with Crippen LogP contribution >= 0.6 is 15.9 Å². The van der Waals surface area contributed by atoms with Gasteiger partial charge in [0.05, 0.1) is 29.2 Å². The van der Waals surface area contributed by atoms with Gasteiger partial charge in [-0.1, -0.05) is 28.1 Å². The van der Waals surface area contributed by atoms with Gasteiger partial charge in [0.15, 0.2) is 5.82 Å². The average molecular weight is 521 g/mol. The van der Waals surface area contributed by atoms with E-state index in [4.69, 9.17) is 15.5 Å². The number of imidazole rings is 1. The van der Waals surface area contributed by atoms with Gasteiger partial charge in [-0.3, -0.25) is 4.57 Å². The molecule has 1 aliphatic rings. The van der Waals surface area contributed by atoms with Crippen LogP contribution in [0.3, 0.4) is 0 Å². The summed E-state index contributed by atoms with van der Waals surface area (Å²) < 4.78 is 8.19. The van der Waals surface area contributed by atoms with Crippen LogP contribution in [-0.4, -0.2) is 53.3 Å². The molecule has 0 unspecified atom stereocenters. The summed E-state index contributed by atoms with van der Waals surface area (Å²) in [5.74, 6) is 0.112. The van der Waals surface area contributed by atoms with E-state index < -0.39 is 5.97 Å². The number of para-hydroxylation sites is 2. The van der Waals surface area contributed by atoms with Crippen molar-refractivity contribution in [1.82, 2.24) is 14.5 Å². The van der Waals surface area contributed by atoms with Crippen LogP contribution < -0.4 is 15.5 Å². The van der Waals surface area contributed by atoms with Crippen molar-refractivity contribution >= 4 is 49.9 Å². The molecule has 8 nitrogen and oxygen atoms in total. The zero-order chi connectivity index (χ0) is 23.7. The summed E-state index contributed by atoms with van der Waals surface area (Å²) in [7, 11) is 0. The lowest BCUT2D eigenvalue weighted by molar-refractivity contribution is 0.0527. The molecule has 9 heteroatoms. The largest absolute Gasteiger partial charge is 0.462 e. The number of fused-ring (bicyclic) bond motifs is 1. The fourth-order valence-electron chi connectivity index (χ4n) is 4.44. The lowest BCUT2D eigenvalue weighted by Crippen LogP contribution is -2.47. The molecule has 4 aromatic rings. The maximum atomic E-state index is 13.3. The molecule has 0 spiro atoms. The van der Waals surface area contributed by atoms with Crippen molar-refractivity contribution in [3.05, 3.63) is 71.2 Å². The van der Waals surface area contributed by atoms with Crippen molar-refractivity contribution in [2.45, 2.75) is 6.92 Å². The molecule has 2 aromatic carbocycles. The Hall–Kier alpha value is -3.59. The molecule has 2 aromatic heterocycles. The van der Waals surface area contributed by atoms with Crippen LogP contribution in [0.2, 0.25) is 0 Å². The maximum absolute atomic E-state index is 13.3. The monoisotopic (exact) mass is 520 g/mol. The van der Waals surface area contributed by atoms with E-state index in [1.54, 1.807) is 23.3 Å². The summed E-state index contributed by atoms with van der Waals surface area (Å²) in [6, 6.07) is 13.8. The van der Waals surface area contributed by atoms with Crippen LogP contribution in [0.5, 0.6) is 0 Å². The molecule has 3 heterocycles. The summed E-state index contributed by atoms with van der Waals surface area (Å²) in [6.45, 7) is 5.07. The lowest BCUT2D eigenvalue weighted by Gasteiger charge is -2.39. The quantitative estimate of drug-likeness (QED) is 0.310. The highest BCUT2D eigenvalue weighted by Gasteiger charge is 2.29. The van der Waals surface area contributed by atoms with E-state index >= 15 is 0 Å². The molecule has 0 bridgehead atoms. The number of ether oxygens (including phenoxy) is 1. The van der Waals surface area contributed by atoms with E-state index in [1.807, 2.05) is 49.4 Å². The Kier molecular flexibility index (Phi) is 6.10. The fraction of sp³-hybridized carbons (Fsp3) is 0.240. The highest BCUT2D eigenvalue weighted by Crippen LogP contribution is 2.37. The first-order chi connectivity index (χ1) is 16.6.